The number of halogens is 2. The molecule has 100 valence electrons. The summed E-state index contributed by atoms with van der Waals surface area (Å²) in [4.78, 5) is 1.68. The fraction of sp³-hybridized carbons (Fsp3) is 0.462. The highest BCUT2D eigenvalue weighted by molar-refractivity contribution is 5.95. The molecule has 0 aromatic heterocycles. The first kappa shape index (κ1) is 14.4. The van der Waals surface area contributed by atoms with Crippen LogP contribution in [-0.2, 0) is 0 Å². The lowest BCUT2D eigenvalue weighted by Gasteiger charge is -2.29. The van der Waals surface area contributed by atoms with Crippen molar-refractivity contribution < 1.29 is 8.78 Å². The molecule has 1 aromatic rings. The molecule has 18 heavy (non-hydrogen) atoms. The second kappa shape index (κ2) is 5.80. The smallest absolute Gasteiger partial charge is 0.150 e. The van der Waals surface area contributed by atoms with E-state index in [1.807, 2.05) is 20.8 Å². The normalized spacial score (nSPS) is 10.8. The molecule has 0 atom stereocenters. The lowest BCUT2D eigenvalue weighted by atomic mass is 10.1. The number of nitrogens with zero attached hydrogens (tertiary/aromatic N) is 1. The van der Waals surface area contributed by atoms with Crippen LogP contribution < -0.4 is 10.6 Å². The molecule has 0 aliphatic heterocycles. The third-order valence-corrected chi connectivity index (χ3v) is 2.70. The largest absolute Gasteiger partial charge is 0.384 e. The van der Waals surface area contributed by atoms with Crippen molar-refractivity contribution in [1.29, 1.82) is 5.41 Å². The molecule has 0 radical (unpaired) electrons. The highest BCUT2D eigenvalue weighted by Gasteiger charge is 2.20. The van der Waals surface area contributed by atoms with Gasteiger partial charge in [-0.15, -0.1) is 0 Å². The summed E-state index contributed by atoms with van der Waals surface area (Å²) in [5.41, 5.74) is 5.25. The zero-order chi connectivity index (χ0) is 13.9. The van der Waals surface area contributed by atoms with Gasteiger partial charge in [0.1, 0.15) is 23.2 Å². The summed E-state index contributed by atoms with van der Waals surface area (Å²) < 4.78 is 27.9. The second-order valence-electron chi connectivity index (χ2n) is 4.49. The predicted molar refractivity (Wildman–Crippen MR) is 70.1 cm³/mol. The number of hydrogen-bond acceptors (Lipinski definition) is 2. The van der Waals surface area contributed by atoms with Crippen molar-refractivity contribution in [3.05, 3.63) is 29.3 Å². The van der Waals surface area contributed by atoms with Gasteiger partial charge in [0.05, 0.1) is 0 Å². The van der Waals surface area contributed by atoms with Crippen LogP contribution in [0.1, 0.15) is 32.8 Å². The number of rotatable bonds is 5. The van der Waals surface area contributed by atoms with E-state index in [0.717, 1.165) is 18.6 Å². The maximum atomic E-state index is 14.0. The van der Waals surface area contributed by atoms with Crippen molar-refractivity contribution in [1.82, 2.24) is 0 Å². The SMILES string of the molecule is CCCN(c1c(F)cc(C(=N)N)cc1F)C(C)C. The molecule has 0 amide bonds. The van der Waals surface area contributed by atoms with E-state index in [4.69, 9.17) is 11.1 Å². The van der Waals surface area contributed by atoms with Crippen LogP contribution in [0.4, 0.5) is 14.5 Å². The minimum Gasteiger partial charge on any atom is -0.384 e. The lowest BCUT2D eigenvalue weighted by molar-refractivity contribution is 0.553. The van der Waals surface area contributed by atoms with E-state index in [0.29, 0.717) is 6.54 Å². The maximum Gasteiger partial charge on any atom is 0.150 e. The topological polar surface area (TPSA) is 53.1 Å². The minimum absolute atomic E-state index is 0.00266. The predicted octanol–water partition coefficient (Wildman–Crippen LogP) is 2.87. The molecule has 3 N–H and O–H groups in total. The van der Waals surface area contributed by atoms with Crippen molar-refractivity contribution in [3.63, 3.8) is 0 Å². The Bertz CT molecular complexity index is 421. The van der Waals surface area contributed by atoms with Crippen LogP contribution in [0, 0.1) is 17.0 Å². The molecule has 0 saturated heterocycles. The summed E-state index contributed by atoms with van der Waals surface area (Å²) in [6.45, 7) is 6.29. The van der Waals surface area contributed by atoms with Gasteiger partial charge in [-0.1, -0.05) is 6.92 Å². The number of benzene rings is 1. The van der Waals surface area contributed by atoms with E-state index in [9.17, 15) is 8.78 Å². The standard InChI is InChI=1S/C13H19F2N3/c1-4-5-18(8(2)3)12-10(14)6-9(13(16)17)7-11(12)15/h6-8H,4-5H2,1-3H3,(H3,16,17). The molecule has 0 bridgehead atoms. The first-order valence-corrected chi connectivity index (χ1v) is 5.98. The number of nitrogen functional groups attached to an aromatic ring is 1. The van der Waals surface area contributed by atoms with Crippen LogP contribution in [0.2, 0.25) is 0 Å². The number of amidine groups is 1. The van der Waals surface area contributed by atoms with Gasteiger partial charge in [0.25, 0.3) is 0 Å². The summed E-state index contributed by atoms with van der Waals surface area (Å²) in [5.74, 6) is -1.70. The van der Waals surface area contributed by atoms with Gasteiger partial charge in [-0.05, 0) is 32.4 Å². The first-order chi connectivity index (χ1) is 8.38. The van der Waals surface area contributed by atoms with Crippen LogP contribution in [0.5, 0.6) is 0 Å². The van der Waals surface area contributed by atoms with Gasteiger partial charge in [-0.25, -0.2) is 8.78 Å². The zero-order valence-electron chi connectivity index (χ0n) is 10.9. The molecule has 0 fully saturated rings. The lowest BCUT2D eigenvalue weighted by Crippen LogP contribution is -2.33. The number of nitrogens with one attached hydrogen (secondary N) is 1. The molecule has 0 unspecified atom stereocenters. The molecular formula is C13H19F2N3. The fourth-order valence-electron chi connectivity index (χ4n) is 1.86. The van der Waals surface area contributed by atoms with Crippen LogP contribution in [0.15, 0.2) is 12.1 Å². The Morgan fingerprint density at radius 3 is 2.17 bits per heavy atom. The van der Waals surface area contributed by atoms with Gasteiger partial charge in [0.2, 0.25) is 0 Å². The van der Waals surface area contributed by atoms with Gasteiger partial charge >= 0.3 is 0 Å². The van der Waals surface area contributed by atoms with E-state index in [2.05, 4.69) is 0 Å². The highest BCUT2D eigenvalue weighted by Crippen LogP contribution is 2.26. The summed E-state index contributed by atoms with van der Waals surface area (Å²) in [6, 6.07) is 2.20. The molecule has 5 heteroatoms. The van der Waals surface area contributed by atoms with Crippen molar-refractivity contribution >= 4 is 11.5 Å². The van der Waals surface area contributed by atoms with Gasteiger partial charge in [-0.2, -0.15) is 0 Å². The van der Waals surface area contributed by atoms with E-state index in [1.165, 1.54) is 0 Å². The van der Waals surface area contributed by atoms with Crippen LogP contribution in [0.25, 0.3) is 0 Å². The van der Waals surface area contributed by atoms with Gasteiger partial charge < -0.3 is 10.6 Å². The van der Waals surface area contributed by atoms with Gasteiger partial charge in [0, 0.05) is 18.2 Å². The summed E-state index contributed by atoms with van der Waals surface area (Å²) in [6.07, 6.45) is 0.797. The van der Waals surface area contributed by atoms with Crippen LogP contribution >= 0.6 is 0 Å². The van der Waals surface area contributed by atoms with E-state index >= 15 is 0 Å². The molecular weight excluding hydrogens is 236 g/mol. The van der Waals surface area contributed by atoms with Crippen LogP contribution in [-0.4, -0.2) is 18.4 Å². The van der Waals surface area contributed by atoms with Crippen molar-refractivity contribution in [2.75, 3.05) is 11.4 Å². The summed E-state index contributed by atoms with van der Waals surface area (Å²) in [5, 5.41) is 7.20. The molecule has 0 aliphatic carbocycles. The molecule has 3 nitrogen and oxygen atoms in total. The Morgan fingerprint density at radius 2 is 1.83 bits per heavy atom. The highest BCUT2D eigenvalue weighted by atomic mass is 19.1. The van der Waals surface area contributed by atoms with Crippen molar-refractivity contribution in [2.45, 2.75) is 33.2 Å². The quantitative estimate of drug-likeness (QED) is 0.628. The molecule has 1 aromatic carbocycles. The van der Waals surface area contributed by atoms with E-state index in [-0.39, 0.29) is 23.1 Å². The Kier molecular flexibility index (Phi) is 4.64. The summed E-state index contributed by atoms with van der Waals surface area (Å²) >= 11 is 0. The van der Waals surface area contributed by atoms with Crippen LogP contribution in [0.3, 0.4) is 0 Å². The van der Waals surface area contributed by atoms with Crippen molar-refractivity contribution in [3.8, 4) is 0 Å². The second-order valence-corrected chi connectivity index (χ2v) is 4.49. The van der Waals surface area contributed by atoms with Crippen molar-refractivity contribution in [2.24, 2.45) is 5.73 Å². The molecule has 0 spiro atoms. The van der Waals surface area contributed by atoms with Gasteiger partial charge in [-0.3, -0.25) is 5.41 Å². The first-order valence-electron chi connectivity index (χ1n) is 5.98. The minimum atomic E-state index is -0.678. The Labute approximate surface area is 106 Å². The average Bonchev–Trinajstić information content (AvgIpc) is 2.26. The summed E-state index contributed by atoms with van der Waals surface area (Å²) in [7, 11) is 0. The zero-order valence-corrected chi connectivity index (χ0v) is 10.9. The number of anilines is 1. The maximum absolute atomic E-state index is 14.0. The number of hydrogen-bond donors (Lipinski definition) is 2. The van der Waals surface area contributed by atoms with E-state index in [1.54, 1.807) is 4.90 Å². The third kappa shape index (κ3) is 2.97. The monoisotopic (exact) mass is 255 g/mol. The molecule has 0 aliphatic rings. The molecule has 0 saturated carbocycles. The molecule has 1 rings (SSSR count). The Hall–Kier alpha value is -1.65. The number of nitrogens with two attached hydrogens (primary N) is 1. The Morgan fingerprint density at radius 1 is 1.33 bits per heavy atom. The molecule has 0 heterocycles. The Balaban J connectivity index is 3.27. The van der Waals surface area contributed by atoms with Gasteiger partial charge in [0.15, 0.2) is 0 Å². The fourth-order valence-corrected chi connectivity index (χ4v) is 1.86. The average molecular weight is 255 g/mol. The van der Waals surface area contributed by atoms with E-state index < -0.39 is 11.6 Å². The third-order valence-electron chi connectivity index (χ3n) is 2.70.